The van der Waals surface area contributed by atoms with Crippen molar-refractivity contribution in [1.82, 2.24) is 0 Å². The summed E-state index contributed by atoms with van der Waals surface area (Å²) in [7, 11) is 0. The number of hydrogen-bond donors (Lipinski definition) is 0. The van der Waals surface area contributed by atoms with Gasteiger partial charge in [0.05, 0.1) is 0 Å². The molecular weight excluding hydrogens is 106 g/mol. The van der Waals surface area contributed by atoms with Gasteiger partial charge in [-0.1, -0.05) is 0 Å². The summed E-state index contributed by atoms with van der Waals surface area (Å²) in [5.74, 6) is 0. The Hall–Kier alpha value is 1.58. The third-order valence-electron chi connectivity index (χ3n) is 0. The second-order valence-corrected chi connectivity index (χ2v) is 4.67. The van der Waals surface area contributed by atoms with E-state index < -0.39 is 0 Å². The van der Waals surface area contributed by atoms with Crippen LogP contribution in [-0.2, 0) is 0 Å². The standard InChI is InChI=1S/CHCl2.Na/c2-1-3;/h1H;. The van der Waals surface area contributed by atoms with Gasteiger partial charge in [-0.3, -0.25) is 0 Å². The van der Waals surface area contributed by atoms with Gasteiger partial charge in [-0.05, 0) is 0 Å². The van der Waals surface area contributed by atoms with Crippen LogP contribution in [0.1, 0.15) is 0 Å². The van der Waals surface area contributed by atoms with Gasteiger partial charge >= 0.3 is 53.2 Å². The molecule has 20 valence electrons. The summed E-state index contributed by atoms with van der Waals surface area (Å²) in [5.41, 5.74) is 0. The van der Waals surface area contributed by atoms with Crippen LogP contribution < -0.4 is 0 Å². The molecule has 0 aromatic rings. The fourth-order valence-corrected chi connectivity index (χ4v) is 0. The molecule has 0 N–H and O–H groups in total. The molecule has 0 atom stereocenters. The van der Waals surface area contributed by atoms with Crippen molar-refractivity contribution >= 4 is 51.1 Å². The fraction of sp³-hybridized carbons (Fsp3) is 1.00. The van der Waals surface area contributed by atoms with Gasteiger partial charge in [-0.25, -0.2) is 0 Å². The summed E-state index contributed by atoms with van der Waals surface area (Å²) in [6.45, 7) is 0. The van der Waals surface area contributed by atoms with E-state index in [9.17, 15) is 0 Å². The zero-order chi connectivity index (χ0) is 3.58. The fourth-order valence-electron chi connectivity index (χ4n) is 0. The first-order valence-corrected chi connectivity index (χ1v) is 3.04. The second-order valence-electron chi connectivity index (χ2n) is 0.519. The molecule has 0 fully saturated rings. The minimum absolute atomic E-state index is 0.0833. The number of alkyl halides is 2. The summed E-state index contributed by atoms with van der Waals surface area (Å²) in [4.78, 5) is 0. The maximum absolute atomic E-state index is 5.10. The van der Waals surface area contributed by atoms with Gasteiger partial charge in [0.2, 0.25) is 0 Å². The van der Waals surface area contributed by atoms with Crippen molar-refractivity contribution in [1.29, 1.82) is 0 Å². The van der Waals surface area contributed by atoms with Gasteiger partial charge in [0.1, 0.15) is 0 Å². The first-order valence-electron chi connectivity index (χ1n) is 1.01. The van der Waals surface area contributed by atoms with E-state index in [2.05, 4.69) is 0 Å². The summed E-state index contributed by atoms with van der Waals surface area (Å²) >= 11 is 11.1. The van der Waals surface area contributed by atoms with E-state index in [0.29, 0.717) is 0 Å². The van der Waals surface area contributed by atoms with Gasteiger partial charge in [-0.15, -0.1) is 0 Å². The van der Waals surface area contributed by atoms with Crippen LogP contribution >= 0.6 is 23.2 Å². The molecular formula is CHCl2Na. The quantitative estimate of drug-likeness (QED) is 0.319. The van der Waals surface area contributed by atoms with Gasteiger partial charge in [0.25, 0.3) is 0 Å². The first-order chi connectivity index (χ1) is 1.73. The maximum atomic E-state index is 5.10. The predicted octanol–water partition coefficient (Wildman–Crippen LogP) is 0.916. The number of rotatable bonds is 0. The van der Waals surface area contributed by atoms with Crippen LogP contribution in [0.25, 0.3) is 0 Å². The van der Waals surface area contributed by atoms with Crippen molar-refractivity contribution < 1.29 is 0 Å². The first kappa shape index (κ1) is 5.58. The summed E-state index contributed by atoms with van der Waals surface area (Å²) < 4.78 is -0.0833. The molecule has 0 bridgehead atoms. The van der Waals surface area contributed by atoms with E-state index in [4.69, 9.17) is 23.2 Å². The SMILES string of the molecule is [Na][CH](Cl)Cl. The van der Waals surface area contributed by atoms with Crippen molar-refractivity contribution in [2.45, 2.75) is 2.09 Å². The van der Waals surface area contributed by atoms with Crippen molar-refractivity contribution in [3.63, 3.8) is 0 Å². The summed E-state index contributed by atoms with van der Waals surface area (Å²) in [6.07, 6.45) is 0. The molecule has 0 radical (unpaired) electrons. The van der Waals surface area contributed by atoms with Gasteiger partial charge in [-0.2, -0.15) is 0 Å². The van der Waals surface area contributed by atoms with Crippen LogP contribution in [0.4, 0.5) is 0 Å². The summed E-state index contributed by atoms with van der Waals surface area (Å²) in [6, 6.07) is 0. The molecule has 3 heteroatoms. The van der Waals surface area contributed by atoms with Crippen molar-refractivity contribution in [3.05, 3.63) is 0 Å². The monoisotopic (exact) mass is 106 g/mol. The molecule has 4 heavy (non-hydrogen) atoms. The predicted molar refractivity (Wildman–Crippen MR) is 21.2 cm³/mol. The molecule has 0 aromatic carbocycles. The normalized spacial score (nSPS) is 9.25. The Morgan fingerprint density at radius 1 is 1.50 bits per heavy atom. The Kier molecular flexibility index (Phi) is 3.90. The van der Waals surface area contributed by atoms with Gasteiger partial charge in [0.15, 0.2) is 0 Å². The average molecular weight is 107 g/mol. The molecule has 0 aromatic heterocycles. The van der Waals surface area contributed by atoms with E-state index in [1.165, 1.54) is 0 Å². The van der Waals surface area contributed by atoms with Crippen LogP contribution in [0.5, 0.6) is 0 Å². The molecule has 0 aliphatic carbocycles. The minimum atomic E-state index is -0.0833. The third kappa shape index (κ3) is 9.55. The Morgan fingerprint density at radius 3 is 1.50 bits per heavy atom. The van der Waals surface area contributed by atoms with Gasteiger partial charge < -0.3 is 0 Å². The van der Waals surface area contributed by atoms with Crippen LogP contribution in [0, 0.1) is 0 Å². The summed E-state index contributed by atoms with van der Waals surface area (Å²) in [5, 5.41) is 0. The van der Waals surface area contributed by atoms with E-state index in [1.807, 2.05) is 0 Å². The topological polar surface area (TPSA) is 0 Å². The zero-order valence-electron chi connectivity index (χ0n) is 2.33. The molecule has 0 amide bonds. The van der Waals surface area contributed by atoms with Crippen LogP contribution in [0.3, 0.4) is 0 Å². The van der Waals surface area contributed by atoms with E-state index in [1.54, 1.807) is 0 Å². The van der Waals surface area contributed by atoms with Crippen molar-refractivity contribution in [3.8, 4) is 0 Å². The Balaban J connectivity index is 2.32. The second kappa shape index (κ2) is 2.80. The molecule has 0 aliphatic rings. The van der Waals surface area contributed by atoms with Crippen LogP contribution in [0.15, 0.2) is 0 Å². The molecule has 0 rings (SSSR count). The Labute approximate surface area is 52.9 Å². The Bertz CT molecular complexity index is 10.8. The molecule has 0 saturated carbocycles. The van der Waals surface area contributed by atoms with E-state index in [0.717, 1.165) is 27.9 Å². The number of halogens is 2. The van der Waals surface area contributed by atoms with Crippen LogP contribution in [0.2, 0.25) is 0 Å². The Morgan fingerprint density at radius 2 is 1.50 bits per heavy atom. The molecule has 0 heterocycles. The molecule has 0 unspecified atom stereocenters. The molecule has 0 aliphatic heterocycles. The third-order valence-corrected chi connectivity index (χ3v) is 0. The molecule has 0 saturated heterocycles. The number of hydrogen-bond acceptors (Lipinski definition) is 0. The van der Waals surface area contributed by atoms with E-state index in [-0.39, 0.29) is 2.09 Å². The zero-order valence-corrected chi connectivity index (χ0v) is 5.85. The van der Waals surface area contributed by atoms with Crippen molar-refractivity contribution in [2.24, 2.45) is 0 Å². The molecule has 0 spiro atoms. The van der Waals surface area contributed by atoms with E-state index >= 15 is 0 Å². The molecule has 0 nitrogen and oxygen atoms in total. The average Bonchev–Trinajstić information content (AvgIpc) is 0.811. The van der Waals surface area contributed by atoms with Crippen LogP contribution in [-0.4, -0.2) is 30.0 Å². The van der Waals surface area contributed by atoms with Gasteiger partial charge in [0, 0.05) is 0 Å². The van der Waals surface area contributed by atoms with Crippen molar-refractivity contribution in [2.75, 3.05) is 0 Å².